The van der Waals surface area contributed by atoms with Crippen LogP contribution in [0, 0.1) is 0 Å². The molecular formula is C24H31N5O3. The van der Waals surface area contributed by atoms with Crippen molar-refractivity contribution >= 4 is 5.96 Å². The van der Waals surface area contributed by atoms with Crippen LogP contribution < -0.4 is 20.1 Å². The Kier molecular flexibility index (Phi) is 8.10. The van der Waals surface area contributed by atoms with E-state index in [0.717, 1.165) is 11.3 Å². The number of benzene rings is 2. The van der Waals surface area contributed by atoms with Crippen LogP contribution in [0.1, 0.15) is 37.1 Å². The van der Waals surface area contributed by atoms with E-state index < -0.39 is 6.10 Å². The van der Waals surface area contributed by atoms with Gasteiger partial charge in [0.05, 0.1) is 32.5 Å². The molecule has 3 N–H and O–H groups in total. The summed E-state index contributed by atoms with van der Waals surface area (Å²) < 4.78 is 12.5. The second kappa shape index (κ2) is 11.2. The lowest BCUT2D eigenvalue weighted by molar-refractivity contribution is 0.182. The summed E-state index contributed by atoms with van der Waals surface area (Å²) in [5.41, 5.74) is 2.72. The third kappa shape index (κ3) is 5.79. The quantitative estimate of drug-likeness (QED) is 0.352. The highest BCUT2D eigenvalue weighted by Crippen LogP contribution is 2.29. The van der Waals surface area contributed by atoms with Gasteiger partial charge in [-0.3, -0.25) is 4.99 Å². The van der Waals surface area contributed by atoms with Gasteiger partial charge in [-0.05, 0) is 55.8 Å². The largest absolute Gasteiger partial charge is 0.497 e. The lowest BCUT2D eigenvalue weighted by Crippen LogP contribution is -2.39. The van der Waals surface area contributed by atoms with E-state index in [1.165, 1.54) is 0 Å². The van der Waals surface area contributed by atoms with Crippen molar-refractivity contribution in [1.82, 2.24) is 20.4 Å². The Bertz CT molecular complexity index is 1020. The number of aliphatic hydroxyl groups excluding tert-OH is 1. The molecule has 3 aromatic rings. The maximum Gasteiger partial charge on any atom is 0.191 e. The summed E-state index contributed by atoms with van der Waals surface area (Å²) in [5.74, 6) is 1.86. The van der Waals surface area contributed by atoms with Gasteiger partial charge in [-0.15, -0.1) is 0 Å². The smallest absolute Gasteiger partial charge is 0.191 e. The first kappa shape index (κ1) is 23.1. The van der Waals surface area contributed by atoms with Crippen LogP contribution in [-0.4, -0.2) is 48.2 Å². The highest BCUT2D eigenvalue weighted by atomic mass is 16.5. The molecule has 0 aliphatic carbocycles. The van der Waals surface area contributed by atoms with E-state index in [-0.39, 0.29) is 12.6 Å². The Morgan fingerprint density at radius 3 is 2.69 bits per heavy atom. The number of ether oxygens (including phenoxy) is 2. The molecule has 1 aromatic heterocycles. The number of nitrogens with one attached hydrogen (secondary N) is 2. The zero-order chi connectivity index (χ0) is 22.9. The van der Waals surface area contributed by atoms with Gasteiger partial charge in [0.25, 0.3) is 0 Å². The van der Waals surface area contributed by atoms with E-state index in [2.05, 4.69) is 39.8 Å². The van der Waals surface area contributed by atoms with Crippen molar-refractivity contribution in [3.05, 3.63) is 72.1 Å². The topological polar surface area (TPSA) is 92.9 Å². The molecule has 0 fully saturated rings. The predicted octanol–water partition coefficient (Wildman–Crippen LogP) is 3.24. The fourth-order valence-electron chi connectivity index (χ4n) is 3.34. The Labute approximate surface area is 188 Å². The Balaban J connectivity index is 1.73. The Hall–Kier alpha value is -3.52. The van der Waals surface area contributed by atoms with Crippen LogP contribution in [0.2, 0.25) is 0 Å². The summed E-state index contributed by atoms with van der Waals surface area (Å²) in [7, 11) is 3.16. The summed E-state index contributed by atoms with van der Waals surface area (Å²) in [6, 6.07) is 15.4. The van der Waals surface area contributed by atoms with Gasteiger partial charge in [-0.2, -0.15) is 5.10 Å². The molecule has 170 valence electrons. The number of aromatic nitrogens is 2. The fraction of sp³-hybridized carbons (Fsp3) is 0.333. The molecule has 8 heteroatoms. The monoisotopic (exact) mass is 437 g/mol. The number of hydrogen-bond donors (Lipinski definition) is 3. The van der Waals surface area contributed by atoms with E-state index >= 15 is 0 Å². The van der Waals surface area contributed by atoms with Crippen LogP contribution in [0.4, 0.5) is 0 Å². The molecule has 3 rings (SSSR count). The molecule has 0 amide bonds. The van der Waals surface area contributed by atoms with Gasteiger partial charge < -0.3 is 25.2 Å². The van der Waals surface area contributed by atoms with Crippen molar-refractivity contribution < 1.29 is 14.6 Å². The van der Waals surface area contributed by atoms with Gasteiger partial charge in [0.15, 0.2) is 5.96 Å². The molecule has 8 nitrogen and oxygen atoms in total. The normalized spacial score (nSPS) is 13.3. The molecule has 0 bridgehead atoms. The molecule has 32 heavy (non-hydrogen) atoms. The summed E-state index contributed by atoms with van der Waals surface area (Å²) >= 11 is 0. The minimum Gasteiger partial charge on any atom is -0.497 e. The van der Waals surface area contributed by atoms with Crippen LogP contribution in [0.25, 0.3) is 5.69 Å². The molecule has 0 radical (unpaired) electrons. The third-order valence-electron chi connectivity index (χ3n) is 5.05. The first-order chi connectivity index (χ1) is 15.5. The predicted molar refractivity (Wildman–Crippen MR) is 126 cm³/mol. The lowest BCUT2D eigenvalue weighted by Gasteiger charge is -2.20. The van der Waals surface area contributed by atoms with E-state index in [9.17, 15) is 5.11 Å². The van der Waals surface area contributed by atoms with Crippen LogP contribution in [0.5, 0.6) is 11.5 Å². The zero-order valence-electron chi connectivity index (χ0n) is 18.9. The van der Waals surface area contributed by atoms with Crippen molar-refractivity contribution in [3.8, 4) is 17.2 Å². The number of aliphatic imine (C=N–C) groups is 1. The van der Waals surface area contributed by atoms with E-state index in [1.54, 1.807) is 38.6 Å². The van der Waals surface area contributed by atoms with Crippen LogP contribution in [0.3, 0.4) is 0 Å². The minimum atomic E-state index is -0.839. The van der Waals surface area contributed by atoms with Crippen LogP contribution >= 0.6 is 0 Å². The molecule has 0 saturated heterocycles. The van der Waals surface area contributed by atoms with Gasteiger partial charge in [0.1, 0.15) is 17.6 Å². The van der Waals surface area contributed by atoms with Gasteiger partial charge in [-0.25, -0.2) is 4.68 Å². The number of rotatable bonds is 9. The molecule has 1 heterocycles. The van der Waals surface area contributed by atoms with Crippen LogP contribution in [0.15, 0.2) is 65.9 Å². The second-order valence-corrected chi connectivity index (χ2v) is 7.25. The maximum atomic E-state index is 10.8. The van der Waals surface area contributed by atoms with Gasteiger partial charge >= 0.3 is 0 Å². The van der Waals surface area contributed by atoms with Crippen molar-refractivity contribution in [1.29, 1.82) is 0 Å². The van der Waals surface area contributed by atoms with E-state index in [1.807, 2.05) is 36.0 Å². The average molecular weight is 438 g/mol. The number of aliphatic hydroxyl groups is 1. The Morgan fingerprint density at radius 1 is 1.16 bits per heavy atom. The Morgan fingerprint density at radius 2 is 2.00 bits per heavy atom. The molecule has 2 unspecified atom stereocenters. The molecule has 0 aliphatic rings. The standard InChI is InChI=1S/C24H31N5O3/c1-5-25-24(26-16-22(30)21-15-20(31-3)10-11-23(21)32-4)28-17(2)18-8-6-9-19(14-18)29-13-7-12-27-29/h6-15,17,22,30H,5,16H2,1-4H3,(H2,25,26,28). The molecule has 0 aliphatic heterocycles. The number of methoxy groups -OCH3 is 2. The van der Waals surface area contributed by atoms with Crippen molar-refractivity contribution in [2.75, 3.05) is 27.3 Å². The summed E-state index contributed by atoms with van der Waals surface area (Å²) in [5, 5.41) is 21.7. The first-order valence-corrected chi connectivity index (χ1v) is 10.6. The number of nitrogens with zero attached hydrogens (tertiary/aromatic N) is 3. The molecule has 0 saturated carbocycles. The first-order valence-electron chi connectivity index (χ1n) is 10.6. The summed E-state index contributed by atoms with van der Waals surface area (Å²) in [6.07, 6.45) is 2.83. The minimum absolute atomic E-state index is 0.00758. The van der Waals surface area contributed by atoms with Crippen LogP contribution in [-0.2, 0) is 0 Å². The van der Waals surface area contributed by atoms with Gasteiger partial charge in [0.2, 0.25) is 0 Å². The SMILES string of the molecule is CCNC(=NCC(O)c1cc(OC)ccc1OC)NC(C)c1cccc(-n2cccn2)c1. The van der Waals surface area contributed by atoms with E-state index in [4.69, 9.17) is 9.47 Å². The number of guanidine groups is 1. The highest BCUT2D eigenvalue weighted by Gasteiger charge is 2.15. The third-order valence-corrected chi connectivity index (χ3v) is 5.05. The van der Waals surface area contributed by atoms with Crippen molar-refractivity contribution in [3.63, 3.8) is 0 Å². The van der Waals surface area contributed by atoms with Crippen molar-refractivity contribution in [2.24, 2.45) is 4.99 Å². The molecule has 0 spiro atoms. The molecule has 2 aromatic carbocycles. The van der Waals surface area contributed by atoms with Crippen molar-refractivity contribution in [2.45, 2.75) is 26.0 Å². The molecule has 2 atom stereocenters. The number of hydrogen-bond acceptors (Lipinski definition) is 5. The van der Waals surface area contributed by atoms with Gasteiger partial charge in [0, 0.05) is 24.5 Å². The van der Waals surface area contributed by atoms with Gasteiger partial charge in [-0.1, -0.05) is 12.1 Å². The maximum absolute atomic E-state index is 10.8. The fourth-order valence-corrected chi connectivity index (χ4v) is 3.34. The average Bonchev–Trinajstić information content (AvgIpc) is 3.37. The zero-order valence-corrected chi connectivity index (χ0v) is 18.9. The second-order valence-electron chi connectivity index (χ2n) is 7.25. The molecular weight excluding hydrogens is 406 g/mol. The highest BCUT2D eigenvalue weighted by molar-refractivity contribution is 5.80. The van der Waals surface area contributed by atoms with E-state index in [0.29, 0.717) is 29.6 Å². The lowest BCUT2D eigenvalue weighted by atomic mass is 10.1. The summed E-state index contributed by atoms with van der Waals surface area (Å²) in [4.78, 5) is 4.59. The summed E-state index contributed by atoms with van der Waals surface area (Å²) in [6.45, 7) is 4.93.